The summed E-state index contributed by atoms with van der Waals surface area (Å²) >= 11 is 0. The standard InChI is InChI=1S/C18H21FN4O/c1-12(2)5-4-6-15-21-17-16(20-11-22(17)3)18(24)23(15)14-9-7-13(19)8-10-14/h7-12H,4-6H2,1-3H3. The molecule has 0 aliphatic carbocycles. The fourth-order valence-corrected chi connectivity index (χ4v) is 2.79. The number of benzene rings is 1. The smallest absolute Gasteiger partial charge is 0.286 e. The van der Waals surface area contributed by atoms with Crippen molar-refractivity contribution in [3.05, 3.63) is 52.6 Å². The minimum atomic E-state index is -0.333. The molecule has 6 heteroatoms. The summed E-state index contributed by atoms with van der Waals surface area (Å²) in [5.74, 6) is 0.944. The molecule has 0 N–H and O–H groups in total. The van der Waals surface area contributed by atoms with Crippen LogP contribution in [0.1, 0.15) is 32.5 Å². The zero-order valence-electron chi connectivity index (χ0n) is 14.2. The summed E-state index contributed by atoms with van der Waals surface area (Å²) in [6, 6.07) is 5.89. The maximum atomic E-state index is 13.2. The third-order valence-corrected chi connectivity index (χ3v) is 4.07. The van der Waals surface area contributed by atoms with Gasteiger partial charge in [-0.3, -0.25) is 9.36 Å². The Morgan fingerprint density at radius 2 is 1.92 bits per heavy atom. The Labute approximate surface area is 139 Å². The van der Waals surface area contributed by atoms with E-state index in [9.17, 15) is 9.18 Å². The number of imidazole rings is 1. The molecular weight excluding hydrogens is 307 g/mol. The lowest BCUT2D eigenvalue weighted by Crippen LogP contribution is -2.24. The van der Waals surface area contributed by atoms with Crippen LogP contribution in [-0.4, -0.2) is 19.1 Å². The first-order chi connectivity index (χ1) is 11.5. The number of fused-ring (bicyclic) bond motifs is 1. The Kier molecular flexibility index (Phi) is 4.46. The average Bonchev–Trinajstić information content (AvgIpc) is 2.90. The van der Waals surface area contributed by atoms with Crippen LogP contribution in [0.25, 0.3) is 16.9 Å². The molecule has 0 saturated heterocycles. The average molecular weight is 328 g/mol. The maximum Gasteiger partial charge on any atom is 0.286 e. The first-order valence-electron chi connectivity index (χ1n) is 8.16. The molecule has 0 bridgehead atoms. The zero-order chi connectivity index (χ0) is 17.3. The van der Waals surface area contributed by atoms with E-state index in [0.717, 1.165) is 12.8 Å². The van der Waals surface area contributed by atoms with Crippen molar-refractivity contribution >= 4 is 11.2 Å². The van der Waals surface area contributed by atoms with Crippen molar-refractivity contribution < 1.29 is 4.39 Å². The van der Waals surface area contributed by atoms with Gasteiger partial charge in [0.2, 0.25) is 0 Å². The number of halogens is 1. The van der Waals surface area contributed by atoms with E-state index in [1.54, 1.807) is 27.6 Å². The monoisotopic (exact) mass is 328 g/mol. The topological polar surface area (TPSA) is 52.7 Å². The molecule has 0 amide bonds. The van der Waals surface area contributed by atoms with Crippen molar-refractivity contribution in [2.24, 2.45) is 13.0 Å². The minimum Gasteiger partial charge on any atom is -0.318 e. The summed E-state index contributed by atoms with van der Waals surface area (Å²) in [5.41, 5.74) is 1.31. The van der Waals surface area contributed by atoms with Crippen LogP contribution in [0.4, 0.5) is 4.39 Å². The van der Waals surface area contributed by atoms with Gasteiger partial charge in [0.15, 0.2) is 11.2 Å². The molecule has 0 atom stereocenters. The molecule has 0 spiro atoms. The van der Waals surface area contributed by atoms with Gasteiger partial charge in [0.1, 0.15) is 11.6 Å². The van der Waals surface area contributed by atoms with Crippen LogP contribution in [0.5, 0.6) is 0 Å². The van der Waals surface area contributed by atoms with Crippen molar-refractivity contribution in [2.75, 3.05) is 0 Å². The number of rotatable bonds is 5. The fourth-order valence-electron chi connectivity index (χ4n) is 2.79. The molecule has 2 aromatic heterocycles. The third-order valence-electron chi connectivity index (χ3n) is 4.07. The number of aromatic nitrogens is 4. The van der Waals surface area contributed by atoms with Crippen LogP contribution in [-0.2, 0) is 13.5 Å². The molecule has 5 nitrogen and oxygen atoms in total. The molecule has 0 aliphatic rings. The summed E-state index contributed by atoms with van der Waals surface area (Å²) in [7, 11) is 1.82. The lowest BCUT2D eigenvalue weighted by atomic mass is 10.1. The quantitative estimate of drug-likeness (QED) is 0.722. The molecule has 3 rings (SSSR count). The van der Waals surface area contributed by atoms with Crippen LogP contribution in [0.2, 0.25) is 0 Å². The lowest BCUT2D eigenvalue weighted by molar-refractivity contribution is 0.545. The number of nitrogens with zero attached hydrogens (tertiary/aromatic N) is 4. The molecule has 0 saturated carbocycles. The van der Waals surface area contributed by atoms with Crippen LogP contribution in [0.3, 0.4) is 0 Å². The second-order valence-corrected chi connectivity index (χ2v) is 6.46. The highest BCUT2D eigenvalue weighted by atomic mass is 19.1. The van der Waals surface area contributed by atoms with Gasteiger partial charge in [-0.05, 0) is 36.6 Å². The maximum absolute atomic E-state index is 13.2. The largest absolute Gasteiger partial charge is 0.318 e. The van der Waals surface area contributed by atoms with Crippen LogP contribution in [0.15, 0.2) is 35.4 Å². The van der Waals surface area contributed by atoms with E-state index in [-0.39, 0.29) is 11.4 Å². The van der Waals surface area contributed by atoms with Crippen LogP contribution >= 0.6 is 0 Å². The van der Waals surface area contributed by atoms with Crippen molar-refractivity contribution in [2.45, 2.75) is 33.1 Å². The fraction of sp³-hybridized carbons (Fsp3) is 0.389. The van der Waals surface area contributed by atoms with E-state index >= 15 is 0 Å². The Morgan fingerprint density at radius 3 is 2.58 bits per heavy atom. The van der Waals surface area contributed by atoms with Gasteiger partial charge in [-0.1, -0.05) is 20.3 Å². The van der Waals surface area contributed by atoms with E-state index in [1.165, 1.54) is 12.1 Å². The van der Waals surface area contributed by atoms with Gasteiger partial charge in [-0.25, -0.2) is 14.4 Å². The number of hydrogen-bond acceptors (Lipinski definition) is 3. The van der Waals surface area contributed by atoms with E-state index < -0.39 is 0 Å². The molecule has 1 aromatic carbocycles. The van der Waals surface area contributed by atoms with Gasteiger partial charge >= 0.3 is 0 Å². The number of aryl methyl sites for hydroxylation is 2. The SMILES string of the molecule is CC(C)CCCc1nc2c(ncn2C)c(=O)n1-c1ccc(F)cc1. The third kappa shape index (κ3) is 3.09. The number of hydrogen-bond donors (Lipinski definition) is 0. The van der Waals surface area contributed by atoms with Crippen molar-refractivity contribution in [3.63, 3.8) is 0 Å². The second kappa shape index (κ2) is 6.55. The molecule has 2 heterocycles. The summed E-state index contributed by atoms with van der Waals surface area (Å²) in [6.45, 7) is 4.34. The van der Waals surface area contributed by atoms with Crippen LogP contribution < -0.4 is 5.56 Å². The molecule has 0 radical (unpaired) electrons. The normalized spacial score (nSPS) is 11.5. The van der Waals surface area contributed by atoms with E-state index in [4.69, 9.17) is 0 Å². The summed E-state index contributed by atoms with van der Waals surface area (Å²) < 4.78 is 16.5. The predicted octanol–water partition coefficient (Wildman–Crippen LogP) is 3.24. The first kappa shape index (κ1) is 16.4. The molecule has 0 unspecified atom stereocenters. The Balaban J connectivity index is 2.14. The zero-order valence-corrected chi connectivity index (χ0v) is 14.2. The van der Waals surface area contributed by atoms with Gasteiger partial charge in [-0.2, -0.15) is 0 Å². The summed E-state index contributed by atoms with van der Waals surface area (Å²) in [6.07, 6.45) is 4.27. The Hall–Kier alpha value is -2.50. The van der Waals surface area contributed by atoms with Crippen molar-refractivity contribution in [3.8, 4) is 5.69 Å². The Morgan fingerprint density at radius 1 is 1.21 bits per heavy atom. The highest BCUT2D eigenvalue weighted by Crippen LogP contribution is 2.15. The van der Waals surface area contributed by atoms with Crippen molar-refractivity contribution in [1.29, 1.82) is 0 Å². The van der Waals surface area contributed by atoms with E-state index in [2.05, 4.69) is 23.8 Å². The van der Waals surface area contributed by atoms with Gasteiger partial charge in [0, 0.05) is 13.5 Å². The second-order valence-electron chi connectivity index (χ2n) is 6.46. The van der Waals surface area contributed by atoms with E-state index in [0.29, 0.717) is 35.0 Å². The van der Waals surface area contributed by atoms with Gasteiger partial charge in [-0.15, -0.1) is 0 Å². The first-order valence-corrected chi connectivity index (χ1v) is 8.16. The van der Waals surface area contributed by atoms with E-state index in [1.807, 2.05) is 7.05 Å². The molecule has 3 aromatic rings. The molecule has 126 valence electrons. The highest BCUT2D eigenvalue weighted by Gasteiger charge is 2.16. The van der Waals surface area contributed by atoms with Crippen molar-refractivity contribution in [1.82, 2.24) is 19.1 Å². The summed E-state index contributed by atoms with van der Waals surface area (Å²) in [4.78, 5) is 21.7. The Bertz CT molecular complexity index is 909. The molecule has 24 heavy (non-hydrogen) atoms. The lowest BCUT2D eigenvalue weighted by Gasteiger charge is -2.13. The summed E-state index contributed by atoms with van der Waals surface area (Å²) in [5, 5.41) is 0. The molecular formula is C18H21FN4O. The van der Waals surface area contributed by atoms with Gasteiger partial charge in [0.05, 0.1) is 12.0 Å². The van der Waals surface area contributed by atoms with Crippen LogP contribution in [0, 0.1) is 11.7 Å². The minimum absolute atomic E-state index is 0.216. The highest BCUT2D eigenvalue weighted by molar-refractivity contribution is 5.70. The van der Waals surface area contributed by atoms with Gasteiger partial charge < -0.3 is 4.57 Å². The molecule has 0 fully saturated rings. The molecule has 0 aliphatic heterocycles. The van der Waals surface area contributed by atoms with Gasteiger partial charge in [0.25, 0.3) is 5.56 Å². The predicted molar refractivity (Wildman–Crippen MR) is 91.8 cm³/mol.